The van der Waals surface area contributed by atoms with Gasteiger partial charge in [-0.25, -0.2) is 4.79 Å². The standard InChI is InChI=1S/C19H22N2O7S/c1-5-13-11(3)29-18(17(13)19(23)27-6-2)20-16(22)10-28-15-8-7-12(26-4)9-14(15)21(24)25/h7-9H,5-6,10H2,1-4H3,(H,20,22). The number of methoxy groups -OCH3 is 1. The Kier molecular flexibility index (Phi) is 7.54. The lowest BCUT2D eigenvalue weighted by atomic mass is 10.1. The predicted octanol–water partition coefficient (Wildman–Crippen LogP) is 3.73. The van der Waals surface area contributed by atoms with E-state index in [1.165, 1.54) is 36.6 Å². The summed E-state index contributed by atoms with van der Waals surface area (Å²) in [5, 5.41) is 14.2. The number of esters is 1. The zero-order valence-corrected chi connectivity index (χ0v) is 17.4. The van der Waals surface area contributed by atoms with Gasteiger partial charge in [0.2, 0.25) is 0 Å². The van der Waals surface area contributed by atoms with Crippen LogP contribution in [0.15, 0.2) is 18.2 Å². The number of carbonyl (C=O) groups excluding carboxylic acids is 2. The van der Waals surface area contributed by atoms with Crippen LogP contribution < -0.4 is 14.8 Å². The Labute approximate surface area is 171 Å². The Bertz CT molecular complexity index is 924. The Morgan fingerprint density at radius 3 is 2.59 bits per heavy atom. The zero-order chi connectivity index (χ0) is 21.6. The fraction of sp³-hybridized carbons (Fsp3) is 0.368. The third-order valence-electron chi connectivity index (χ3n) is 4.02. The van der Waals surface area contributed by atoms with E-state index in [4.69, 9.17) is 14.2 Å². The van der Waals surface area contributed by atoms with E-state index in [1.807, 2.05) is 13.8 Å². The molecule has 1 aromatic heterocycles. The number of ether oxygens (including phenoxy) is 3. The first-order valence-electron chi connectivity index (χ1n) is 8.86. The van der Waals surface area contributed by atoms with E-state index in [9.17, 15) is 19.7 Å². The fourth-order valence-corrected chi connectivity index (χ4v) is 3.86. The molecule has 0 saturated heterocycles. The Hall–Kier alpha value is -3.14. The van der Waals surface area contributed by atoms with E-state index in [0.29, 0.717) is 22.7 Å². The molecular formula is C19H22N2O7S. The zero-order valence-electron chi connectivity index (χ0n) is 16.6. The molecule has 10 heteroatoms. The SMILES string of the molecule is CCOC(=O)c1c(NC(=O)COc2ccc(OC)cc2[N+](=O)[O-])sc(C)c1CC. The van der Waals surface area contributed by atoms with Crippen LogP contribution in [0.1, 0.15) is 34.6 Å². The molecule has 9 nitrogen and oxygen atoms in total. The number of hydrogen-bond acceptors (Lipinski definition) is 8. The number of rotatable bonds is 9. The number of hydrogen-bond donors (Lipinski definition) is 1. The summed E-state index contributed by atoms with van der Waals surface area (Å²) < 4.78 is 15.4. The molecule has 0 unspecified atom stereocenters. The molecule has 0 saturated carbocycles. The van der Waals surface area contributed by atoms with Crippen LogP contribution in [0.4, 0.5) is 10.7 Å². The van der Waals surface area contributed by atoms with Gasteiger partial charge in [-0.1, -0.05) is 6.92 Å². The molecule has 2 aromatic rings. The number of amides is 1. The smallest absolute Gasteiger partial charge is 0.341 e. The second-order valence-electron chi connectivity index (χ2n) is 5.84. The highest BCUT2D eigenvalue weighted by Crippen LogP contribution is 2.34. The Balaban J connectivity index is 2.16. The molecule has 1 N–H and O–H groups in total. The van der Waals surface area contributed by atoms with E-state index in [1.54, 1.807) is 6.92 Å². The maximum Gasteiger partial charge on any atom is 0.341 e. The molecule has 2 rings (SSSR count). The van der Waals surface area contributed by atoms with Crippen molar-refractivity contribution in [1.82, 2.24) is 0 Å². The topological polar surface area (TPSA) is 117 Å². The van der Waals surface area contributed by atoms with Crippen LogP contribution in [0, 0.1) is 17.0 Å². The molecule has 0 atom stereocenters. The van der Waals surface area contributed by atoms with Crippen molar-refractivity contribution >= 4 is 33.9 Å². The van der Waals surface area contributed by atoms with Crippen molar-refractivity contribution < 1.29 is 28.7 Å². The summed E-state index contributed by atoms with van der Waals surface area (Å²) in [7, 11) is 1.39. The Morgan fingerprint density at radius 2 is 2.00 bits per heavy atom. The average molecular weight is 422 g/mol. The van der Waals surface area contributed by atoms with Crippen LogP contribution >= 0.6 is 11.3 Å². The molecule has 0 radical (unpaired) electrons. The van der Waals surface area contributed by atoms with Crippen LogP contribution in [-0.4, -0.2) is 37.1 Å². The molecule has 0 spiro atoms. The average Bonchev–Trinajstić information content (AvgIpc) is 3.00. The number of anilines is 1. The lowest BCUT2D eigenvalue weighted by Crippen LogP contribution is -2.21. The molecule has 0 aliphatic heterocycles. The second-order valence-corrected chi connectivity index (χ2v) is 7.07. The number of nitro benzene ring substituents is 1. The van der Waals surface area contributed by atoms with E-state index in [2.05, 4.69) is 5.32 Å². The highest BCUT2D eigenvalue weighted by atomic mass is 32.1. The van der Waals surface area contributed by atoms with E-state index >= 15 is 0 Å². The molecule has 0 aliphatic rings. The lowest BCUT2D eigenvalue weighted by Gasteiger charge is -2.10. The first kappa shape index (κ1) is 22.2. The highest BCUT2D eigenvalue weighted by molar-refractivity contribution is 7.16. The number of benzene rings is 1. The molecule has 0 bridgehead atoms. The van der Waals surface area contributed by atoms with Gasteiger partial charge in [0, 0.05) is 4.88 Å². The third-order valence-corrected chi connectivity index (χ3v) is 5.08. The van der Waals surface area contributed by atoms with Gasteiger partial charge in [0.1, 0.15) is 10.8 Å². The van der Waals surface area contributed by atoms with Crippen LogP contribution in [0.3, 0.4) is 0 Å². The van der Waals surface area contributed by atoms with Gasteiger partial charge in [-0.3, -0.25) is 14.9 Å². The fourth-order valence-electron chi connectivity index (χ4n) is 2.71. The highest BCUT2D eigenvalue weighted by Gasteiger charge is 2.24. The normalized spacial score (nSPS) is 10.3. The summed E-state index contributed by atoms with van der Waals surface area (Å²) in [6.45, 7) is 5.23. The molecule has 156 valence electrons. The maximum absolute atomic E-state index is 12.4. The monoisotopic (exact) mass is 422 g/mol. The summed E-state index contributed by atoms with van der Waals surface area (Å²) in [5.41, 5.74) is 0.834. The first-order valence-corrected chi connectivity index (χ1v) is 9.68. The van der Waals surface area contributed by atoms with E-state index in [0.717, 1.165) is 10.4 Å². The summed E-state index contributed by atoms with van der Waals surface area (Å²) in [6, 6.07) is 4.07. The van der Waals surface area contributed by atoms with E-state index in [-0.39, 0.29) is 18.0 Å². The summed E-state index contributed by atoms with van der Waals surface area (Å²) in [5.74, 6) is -0.817. The first-order chi connectivity index (χ1) is 13.8. The predicted molar refractivity (Wildman–Crippen MR) is 108 cm³/mol. The minimum Gasteiger partial charge on any atom is -0.496 e. The van der Waals surface area contributed by atoms with Crippen molar-refractivity contribution in [2.75, 3.05) is 25.6 Å². The number of thiophene rings is 1. The van der Waals surface area contributed by atoms with Gasteiger partial charge < -0.3 is 19.5 Å². The number of aryl methyl sites for hydroxylation is 1. The van der Waals surface area contributed by atoms with Gasteiger partial charge in [0.15, 0.2) is 12.4 Å². The Morgan fingerprint density at radius 1 is 1.28 bits per heavy atom. The van der Waals surface area contributed by atoms with Gasteiger partial charge in [-0.15, -0.1) is 11.3 Å². The minimum absolute atomic E-state index is 0.0619. The third kappa shape index (κ3) is 5.23. The molecular weight excluding hydrogens is 400 g/mol. The van der Waals surface area contributed by atoms with Crippen molar-refractivity contribution in [3.8, 4) is 11.5 Å². The van der Waals surface area contributed by atoms with Crippen molar-refractivity contribution in [1.29, 1.82) is 0 Å². The number of nitro groups is 1. The summed E-state index contributed by atoms with van der Waals surface area (Å²) >= 11 is 1.27. The second kappa shape index (κ2) is 9.87. The van der Waals surface area contributed by atoms with Crippen molar-refractivity contribution in [3.05, 3.63) is 44.3 Å². The van der Waals surface area contributed by atoms with Crippen LogP contribution in [0.25, 0.3) is 0 Å². The summed E-state index contributed by atoms with van der Waals surface area (Å²) in [4.78, 5) is 36.2. The number of nitrogens with one attached hydrogen (secondary N) is 1. The quantitative estimate of drug-likeness (QED) is 0.372. The van der Waals surface area contributed by atoms with Crippen LogP contribution in [0.5, 0.6) is 11.5 Å². The molecule has 0 aliphatic carbocycles. The van der Waals surface area contributed by atoms with E-state index < -0.39 is 23.4 Å². The number of carbonyl (C=O) groups is 2. The van der Waals surface area contributed by atoms with Gasteiger partial charge >= 0.3 is 11.7 Å². The van der Waals surface area contributed by atoms with Gasteiger partial charge in [0.25, 0.3) is 5.91 Å². The van der Waals surface area contributed by atoms with Gasteiger partial charge in [-0.05, 0) is 38.0 Å². The summed E-state index contributed by atoms with van der Waals surface area (Å²) in [6.07, 6.45) is 0.612. The molecule has 1 amide bonds. The van der Waals surface area contributed by atoms with Crippen LogP contribution in [-0.2, 0) is 16.0 Å². The maximum atomic E-state index is 12.4. The van der Waals surface area contributed by atoms with Gasteiger partial charge in [-0.2, -0.15) is 0 Å². The van der Waals surface area contributed by atoms with Crippen LogP contribution in [0.2, 0.25) is 0 Å². The van der Waals surface area contributed by atoms with Crippen molar-refractivity contribution in [3.63, 3.8) is 0 Å². The minimum atomic E-state index is -0.620. The molecule has 1 heterocycles. The lowest BCUT2D eigenvalue weighted by molar-refractivity contribution is -0.385. The molecule has 29 heavy (non-hydrogen) atoms. The van der Waals surface area contributed by atoms with Crippen molar-refractivity contribution in [2.24, 2.45) is 0 Å². The van der Waals surface area contributed by atoms with Crippen molar-refractivity contribution in [2.45, 2.75) is 27.2 Å². The number of nitrogens with zero attached hydrogens (tertiary/aromatic N) is 1. The largest absolute Gasteiger partial charge is 0.496 e. The molecule has 1 aromatic carbocycles. The van der Waals surface area contributed by atoms with Gasteiger partial charge in [0.05, 0.1) is 30.3 Å². The molecule has 0 fully saturated rings.